The quantitative estimate of drug-likeness (QED) is 0.539. The molecular formula is C8H11FN3O2+. The molecule has 76 valence electrons. The summed E-state index contributed by atoms with van der Waals surface area (Å²) in [5.41, 5.74) is -0.558. The standard InChI is InChI=1S/C8H11FN3O2/c1-8(2,3)14-12(13)6-4-10-7(9)11-5-6/h4-5H,1-3H3/q+1. The molecule has 0 aliphatic heterocycles. The average molecular weight is 200 g/mol. The predicted molar refractivity (Wildman–Crippen MR) is 46.1 cm³/mol. The van der Waals surface area contributed by atoms with Gasteiger partial charge in [0.1, 0.15) is 12.4 Å². The Kier molecular flexibility index (Phi) is 2.73. The van der Waals surface area contributed by atoms with E-state index in [0.29, 0.717) is 0 Å². The molecule has 0 amide bonds. The minimum atomic E-state index is -0.877. The smallest absolute Gasteiger partial charge is 0.221 e. The molecule has 0 saturated heterocycles. The minimum absolute atomic E-state index is 0.0568. The first-order chi connectivity index (χ1) is 6.38. The normalized spacial score (nSPS) is 11.1. The Hall–Kier alpha value is -1.59. The zero-order valence-electron chi connectivity index (χ0n) is 8.19. The second kappa shape index (κ2) is 3.65. The first-order valence-corrected chi connectivity index (χ1v) is 4.02. The average Bonchev–Trinajstić information content (AvgIpc) is 2.02. The Labute approximate surface area is 80.5 Å². The van der Waals surface area contributed by atoms with Crippen molar-refractivity contribution >= 4 is 5.69 Å². The molecular weight excluding hydrogens is 189 g/mol. The van der Waals surface area contributed by atoms with Crippen LogP contribution in [0, 0.1) is 11.0 Å². The van der Waals surface area contributed by atoms with E-state index in [1.807, 2.05) is 0 Å². The molecule has 0 atom stereocenters. The van der Waals surface area contributed by atoms with Crippen LogP contribution in [0.3, 0.4) is 0 Å². The van der Waals surface area contributed by atoms with Gasteiger partial charge in [0, 0.05) is 0 Å². The molecule has 0 radical (unpaired) electrons. The molecule has 0 aliphatic carbocycles. The summed E-state index contributed by atoms with van der Waals surface area (Å²) in [5, 5.41) is 0. The number of aromatic nitrogens is 2. The summed E-state index contributed by atoms with van der Waals surface area (Å²) in [7, 11) is 0. The third-order valence-corrected chi connectivity index (χ3v) is 1.17. The lowest BCUT2D eigenvalue weighted by atomic mass is 10.2. The van der Waals surface area contributed by atoms with E-state index in [-0.39, 0.29) is 10.6 Å². The molecule has 5 nitrogen and oxygen atoms in total. The van der Waals surface area contributed by atoms with Crippen molar-refractivity contribution < 1.29 is 14.2 Å². The molecule has 0 saturated carbocycles. The van der Waals surface area contributed by atoms with Crippen LogP contribution < -0.4 is 0 Å². The summed E-state index contributed by atoms with van der Waals surface area (Å²) in [6.45, 7) is 5.17. The van der Waals surface area contributed by atoms with E-state index in [0.717, 1.165) is 12.4 Å². The van der Waals surface area contributed by atoms with E-state index in [9.17, 15) is 9.30 Å². The van der Waals surface area contributed by atoms with Crippen molar-refractivity contribution in [2.75, 3.05) is 0 Å². The topological polar surface area (TPSA) is 55.1 Å². The van der Waals surface area contributed by atoms with Crippen LogP contribution in [0.15, 0.2) is 12.4 Å². The van der Waals surface area contributed by atoms with Crippen LogP contribution in [0.1, 0.15) is 20.8 Å². The summed E-state index contributed by atoms with van der Waals surface area (Å²) < 4.78 is 12.3. The van der Waals surface area contributed by atoms with Crippen molar-refractivity contribution in [1.29, 1.82) is 0 Å². The molecule has 1 aromatic heterocycles. The summed E-state index contributed by atoms with van der Waals surface area (Å²) in [6.07, 6.45) is 1.24. The Balaban J connectivity index is 2.76. The van der Waals surface area contributed by atoms with E-state index in [1.54, 1.807) is 20.8 Å². The van der Waals surface area contributed by atoms with E-state index in [2.05, 4.69) is 9.97 Å². The summed E-state index contributed by atoms with van der Waals surface area (Å²) >= 11 is 0. The number of halogens is 1. The van der Waals surface area contributed by atoms with Gasteiger partial charge in [0.2, 0.25) is 0 Å². The molecule has 0 spiro atoms. The molecule has 0 aromatic carbocycles. The van der Waals surface area contributed by atoms with Crippen molar-refractivity contribution in [2.24, 2.45) is 0 Å². The molecule has 6 heteroatoms. The lowest BCUT2D eigenvalue weighted by Gasteiger charge is -2.09. The van der Waals surface area contributed by atoms with Gasteiger partial charge in [-0.15, -0.1) is 0 Å². The SMILES string of the molecule is CC(C)(C)O[N+](=O)c1cnc(F)nc1. The van der Waals surface area contributed by atoms with Crippen molar-refractivity contribution in [3.8, 4) is 0 Å². The van der Waals surface area contributed by atoms with Crippen molar-refractivity contribution in [3.63, 3.8) is 0 Å². The van der Waals surface area contributed by atoms with E-state index < -0.39 is 11.7 Å². The van der Waals surface area contributed by atoms with Gasteiger partial charge in [-0.2, -0.15) is 4.39 Å². The number of hydrogen-bond acceptors (Lipinski definition) is 4. The van der Waals surface area contributed by atoms with Crippen LogP contribution in [0.25, 0.3) is 0 Å². The number of nitrogens with zero attached hydrogens (tertiary/aromatic N) is 3. The van der Waals surface area contributed by atoms with Crippen LogP contribution in [0.4, 0.5) is 10.1 Å². The number of rotatable bonds is 2. The zero-order valence-corrected chi connectivity index (χ0v) is 8.19. The maximum Gasteiger partial charge on any atom is 0.353 e. The lowest BCUT2D eigenvalue weighted by Crippen LogP contribution is -2.23. The Morgan fingerprint density at radius 3 is 2.29 bits per heavy atom. The summed E-state index contributed by atoms with van der Waals surface area (Å²) in [6, 6.07) is 0. The summed E-state index contributed by atoms with van der Waals surface area (Å²) in [5.74, 6) is 0. The van der Waals surface area contributed by atoms with Crippen LogP contribution in [0.5, 0.6) is 0 Å². The van der Waals surface area contributed by atoms with Crippen molar-refractivity contribution in [2.45, 2.75) is 26.4 Å². The second-order valence-corrected chi connectivity index (χ2v) is 3.67. The van der Waals surface area contributed by atoms with E-state index >= 15 is 0 Å². The molecule has 1 aromatic rings. The van der Waals surface area contributed by atoms with Gasteiger partial charge in [-0.3, -0.25) is 0 Å². The summed E-state index contributed by atoms with van der Waals surface area (Å²) in [4.78, 5) is 22.9. The van der Waals surface area contributed by atoms with Gasteiger partial charge in [-0.05, 0) is 20.8 Å². The lowest BCUT2D eigenvalue weighted by molar-refractivity contribution is -0.766. The predicted octanol–water partition coefficient (Wildman–Crippen LogP) is 1.76. The highest BCUT2D eigenvalue weighted by Gasteiger charge is 2.26. The van der Waals surface area contributed by atoms with E-state index in [4.69, 9.17) is 4.84 Å². The molecule has 0 unspecified atom stereocenters. The maximum atomic E-state index is 12.3. The maximum absolute atomic E-state index is 12.3. The third-order valence-electron chi connectivity index (χ3n) is 1.17. The van der Waals surface area contributed by atoms with Crippen molar-refractivity contribution in [3.05, 3.63) is 23.4 Å². The Bertz CT molecular complexity index is 331. The van der Waals surface area contributed by atoms with Gasteiger partial charge in [0.15, 0.2) is 5.60 Å². The molecule has 0 N–H and O–H groups in total. The van der Waals surface area contributed by atoms with Crippen molar-refractivity contribution in [1.82, 2.24) is 9.97 Å². The van der Waals surface area contributed by atoms with Gasteiger partial charge in [-0.1, -0.05) is 0 Å². The molecule has 0 bridgehead atoms. The van der Waals surface area contributed by atoms with Gasteiger partial charge < -0.3 is 0 Å². The monoisotopic (exact) mass is 200 g/mol. The van der Waals surface area contributed by atoms with Gasteiger partial charge in [-0.25, -0.2) is 14.8 Å². The Morgan fingerprint density at radius 1 is 1.36 bits per heavy atom. The molecule has 1 rings (SSSR count). The zero-order chi connectivity index (χ0) is 10.8. The fraction of sp³-hybridized carbons (Fsp3) is 0.500. The van der Waals surface area contributed by atoms with Crippen LogP contribution >= 0.6 is 0 Å². The first kappa shape index (κ1) is 10.5. The van der Waals surface area contributed by atoms with E-state index in [1.165, 1.54) is 0 Å². The van der Waals surface area contributed by atoms with Crippen LogP contribution in [-0.2, 0) is 4.84 Å². The van der Waals surface area contributed by atoms with Gasteiger partial charge in [0.05, 0.1) is 4.91 Å². The van der Waals surface area contributed by atoms with Crippen LogP contribution in [0.2, 0.25) is 0 Å². The second-order valence-electron chi connectivity index (χ2n) is 3.67. The molecule has 0 aliphatic rings. The highest BCUT2D eigenvalue weighted by atomic mass is 19.1. The Morgan fingerprint density at radius 2 is 1.86 bits per heavy atom. The minimum Gasteiger partial charge on any atom is -0.221 e. The van der Waals surface area contributed by atoms with Gasteiger partial charge >= 0.3 is 11.8 Å². The van der Waals surface area contributed by atoms with Gasteiger partial charge in [0.25, 0.3) is 4.92 Å². The molecule has 14 heavy (non-hydrogen) atoms. The fourth-order valence-electron chi connectivity index (χ4n) is 0.701. The first-order valence-electron chi connectivity index (χ1n) is 4.02. The number of hydrogen-bond donors (Lipinski definition) is 0. The molecule has 1 heterocycles. The fourth-order valence-corrected chi connectivity index (χ4v) is 0.701. The largest absolute Gasteiger partial charge is 0.353 e. The third kappa shape index (κ3) is 3.04. The van der Waals surface area contributed by atoms with Crippen LogP contribution in [-0.4, -0.2) is 20.5 Å². The molecule has 0 fully saturated rings. The highest BCUT2D eigenvalue weighted by molar-refractivity contribution is 5.18. The highest BCUT2D eigenvalue weighted by Crippen LogP contribution is 2.14.